The van der Waals surface area contributed by atoms with Crippen LogP contribution in [0, 0.1) is 21.7 Å². The predicted molar refractivity (Wildman–Crippen MR) is 127 cm³/mol. The first-order valence-electron chi connectivity index (χ1n) is 10.9. The highest BCUT2D eigenvalue weighted by atomic mass is 19.2. The highest BCUT2D eigenvalue weighted by Crippen LogP contribution is 2.33. The Morgan fingerprint density at radius 1 is 1.17 bits per heavy atom. The fraction of sp³-hybridized carbons (Fsp3) is 0.208. The number of pyridine rings is 1. The molecule has 36 heavy (non-hydrogen) atoms. The maximum Gasteiger partial charge on any atom is 0.341 e. The summed E-state index contributed by atoms with van der Waals surface area (Å²) >= 11 is 0. The SMILES string of the molecule is CCOC(=O)c1cnc(NCCC2(c3ccc([N+](=O)[O-])cn3)C=CC=N2)nc1-c1ccc(F)c(F)c1. The second kappa shape index (κ2) is 10.3. The van der Waals surface area contributed by atoms with E-state index in [0.29, 0.717) is 18.7 Å². The number of carbonyl (C=O) groups is 1. The Balaban J connectivity index is 1.57. The number of nitro groups is 1. The number of aromatic nitrogens is 3. The largest absolute Gasteiger partial charge is 0.462 e. The molecule has 0 spiro atoms. The van der Waals surface area contributed by atoms with Crippen LogP contribution in [0.1, 0.15) is 29.4 Å². The molecule has 3 heterocycles. The lowest BCUT2D eigenvalue weighted by Crippen LogP contribution is -2.25. The van der Waals surface area contributed by atoms with E-state index in [-0.39, 0.29) is 35.1 Å². The predicted octanol–water partition coefficient (Wildman–Crippen LogP) is 4.24. The molecule has 0 aliphatic carbocycles. The number of benzene rings is 1. The number of carbonyl (C=O) groups excluding carboxylic acids is 1. The molecule has 4 rings (SSSR count). The first kappa shape index (κ1) is 24.5. The number of nitrogens with one attached hydrogen (secondary N) is 1. The fourth-order valence-corrected chi connectivity index (χ4v) is 3.65. The standard InChI is InChI=1S/C24H20F2N6O4/c1-2-36-22(33)17-14-29-23(31-21(17)15-4-6-18(25)19(26)12-15)27-11-9-24(8-3-10-30-24)20-7-5-16(13-28-20)32(34)35/h3-8,10,12-14H,2,9,11H2,1H3,(H,27,29,31). The third kappa shape index (κ3) is 5.06. The van der Waals surface area contributed by atoms with Crippen LogP contribution in [0.3, 0.4) is 0 Å². The molecule has 1 unspecified atom stereocenters. The number of esters is 1. The van der Waals surface area contributed by atoms with Crippen molar-refractivity contribution in [3.05, 3.63) is 87.9 Å². The molecule has 12 heteroatoms. The summed E-state index contributed by atoms with van der Waals surface area (Å²) in [5, 5.41) is 14.0. The molecule has 184 valence electrons. The van der Waals surface area contributed by atoms with Gasteiger partial charge in [-0.25, -0.2) is 23.5 Å². The third-order valence-corrected chi connectivity index (χ3v) is 5.43. The molecule has 2 aromatic heterocycles. The number of anilines is 1. The summed E-state index contributed by atoms with van der Waals surface area (Å²) in [6, 6.07) is 6.11. The minimum atomic E-state index is -1.08. The number of aliphatic imine (C=N–C) groups is 1. The smallest absolute Gasteiger partial charge is 0.341 e. The number of hydrogen-bond donors (Lipinski definition) is 1. The molecule has 3 aromatic rings. The van der Waals surface area contributed by atoms with E-state index < -0.39 is 28.1 Å². The number of rotatable bonds is 9. The van der Waals surface area contributed by atoms with Crippen molar-refractivity contribution in [3.8, 4) is 11.3 Å². The molecule has 1 aliphatic rings. The molecule has 1 atom stereocenters. The van der Waals surface area contributed by atoms with Crippen molar-refractivity contribution in [2.45, 2.75) is 18.9 Å². The van der Waals surface area contributed by atoms with Crippen molar-refractivity contribution in [1.29, 1.82) is 0 Å². The van der Waals surface area contributed by atoms with Gasteiger partial charge in [0.15, 0.2) is 11.6 Å². The molecule has 10 nitrogen and oxygen atoms in total. The van der Waals surface area contributed by atoms with E-state index in [1.54, 1.807) is 25.3 Å². The molecule has 1 aliphatic heterocycles. The van der Waals surface area contributed by atoms with Gasteiger partial charge in [-0.3, -0.25) is 20.1 Å². The number of halogens is 2. The Labute approximate surface area is 203 Å². The van der Waals surface area contributed by atoms with Crippen LogP contribution < -0.4 is 5.32 Å². The molecule has 0 amide bonds. The van der Waals surface area contributed by atoms with Gasteiger partial charge in [-0.05, 0) is 49.8 Å². The summed E-state index contributed by atoms with van der Waals surface area (Å²) < 4.78 is 32.4. The highest BCUT2D eigenvalue weighted by molar-refractivity contribution is 5.96. The fourth-order valence-electron chi connectivity index (χ4n) is 3.65. The first-order chi connectivity index (χ1) is 17.3. The van der Waals surface area contributed by atoms with Crippen LogP contribution >= 0.6 is 0 Å². The van der Waals surface area contributed by atoms with Gasteiger partial charge in [-0.2, -0.15) is 0 Å². The Morgan fingerprint density at radius 2 is 2.00 bits per heavy atom. The van der Waals surface area contributed by atoms with Crippen molar-refractivity contribution < 1.29 is 23.2 Å². The van der Waals surface area contributed by atoms with Gasteiger partial charge < -0.3 is 10.1 Å². The van der Waals surface area contributed by atoms with Crippen molar-refractivity contribution in [2.75, 3.05) is 18.5 Å². The summed E-state index contributed by atoms with van der Waals surface area (Å²) in [7, 11) is 0. The summed E-state index contributed by atoms with van der Waals surface area (Å²) in [6.07, 6.45) is 8.04. The Morgan fingerprint density at radius 3 is 2.64 bits per heavy atom. The zero-order chi connectivity index (χ0) is 25.7. The van der Waals surface area contributed by atoms with Crippen LogP contribution in [0.4, 0.5) is 20.4 Å². The Bertz CT molecular complexity index is 1350. The minimum Gasteiger partial charge on any atom is -0.462 e. The Hall–Kier alpha value is -4.61. The van der Waals surface area contributed by atoms with Crippen LogP contribution in [0.2, 0.25) is 0 Å². The second-order valence-electron chi connectivity index (χ2n) is 7.70. The van der Waals surface area contributed by atoms with Gasteiger partial charge in [0.25, 0.3) is 5.69 Å². The lowest BCUT2D eigenvalue weighted by Gasteiger charge is -2.23. The van der Waals surface area contributed by atoms with Crippen LogP contribution in [-0.4, -0.2) is 45.2 Å². The molecule has 0 bridgehead atoms. The summed E-state index contributed by atoms with van der Waals surface area (Å²) in [5.74, 6) is -2.67. The number of nitrogens with zero attached hydrogens (tertiary/aromatic N) is 5. The molecule has 0 saturated heterocycles. The van der Waals surface area contributed by atoms with Crippen LogP contribution in [0.25, 0.3) is 11.3 Å². The van der Waals surface area contributed by atoms with E-state index >= 15 is 0 Å². The van der Waals surface area contributed by atoms with E-state index in [9.17, 15) is 23.7 Å². The molecule has 0 saturated carbocycles. The lowest BCUT2D eigenvalue weighted by molar-refractivity contribution is -0.385. The van der Waals surface area contributed by atoms with Crippen molar-refractivity contribution in [2.24, 2.45) is 4.99 Å². The molecule has 1 aromatic carbocycles. The average molecular weight is 494 g/mol. The van der Waals surface area contributed by atoms with Crippen LogP contribution in [0.15, 0.2) is 59.9 Å². The average Bonchev–Trinajstić information content (AvgIpc) is 3.36. The normalized spacial score (nSPS) is 16.2. The van der Waals surface area contributed by atoms with E-state index in [2.05, 4.69) is 25.3 Å². The van der Waals surface area contributed by atoms with Gasteiger partial charge in [0.2, 0.25) is 5.95 Å². The number of ether oxygens (including phenoxy) is 1. The third-order valence-electron chi connectivity index (χ3n) is 5.43. The van der Waals surface area contributed by atoms with Gasteiger partial charge in [-0.1, -0.05) is 0 Å². The van der Waals surface area contributed by atoms with Gasteiger partial charge in [0.05, 0.1) is 22.9 Å². The van der Waals surface area contributed by atoms with E-state index in [4.69, 9.17) is 4.74 Å². The quantitative estimate of drug-likeness (QED) is 0.265. The summed E-state index contributed by atoms with van der Waals surface area (Å²) in [6.45, 7) is 2.06. The zero-order valence-corrected chi connectivity index (χ0v) is 19.0. The molecule has 1 N–H and O–H groups in total. The number of hydrogen-bond acceptors (Lipinski definition) is 9. The summed E-state index contributed by atoms with van der Waals surface area (Å²) in [4.78, 5) is 40.0. The van der Waals surface area contributed by atoms with Gasteiger partial charge >= 0.3 is 5.97 Å². The van der Waals surface area contributed by atoms with Crippen molar-refractivity contribution in [1.82, 2.24) is 15.0 Å². The topological polar surface area (TPSA) is 132 Å². The molecule has 0 fully saturated rings. The molecular formula is C24H20F2N6O4. The van der Waals surface area contributed by atoms with Crippen molar-refractivity contribution >= 4 is 23.8 Å². The number of allylic oxidation sites excluding steroid dienone is 1. The van der Waals surface area contributed by atoms with E-state index in [1.807, 2.05) is 6.08 Å². The molecule has 0 radical (unpaired) electrons. The van der Waals surface area contributed by atoms with E-state index in [1.165, 1.54) is 24.5 Å². The van der Waals surface area contributed by atoms with Gasteiger partial charge in [-0.15, -0.1) is 0 Å². The Kier molecular flexibility index (Phi) is 7.04. The van der Waals surface area contributed by atoms with Crippen molar-refractivity contribution in [3.63, 3.8) is 0 Å². The second-order valence-corrected chi connectivity index (χ2v) is 7.70. The van der Waals surface area contributed by atoms with Crippen LogP contribution in [-0.2, 0) is 10.3 Å². The monoisotopic (exact) mass is 494 g/mol. The first-order valence-corrected chi connectivity index (χ1v) is 10.9. The van der Waals surface area contributed by atoms with E-state index in [0.717, 1.165) is 12.1 Å². The highest BCUT2D eigenvalue weighted by Gasteiger charge is 2.32. The lowest BCUT2D eigenvalue weighted by atomic mass is 9.92. The summed E-state index contributed by atoms with van der Waals surface area (Å²) in [5.41, 5.74) is -0.176. The maximum atomic E-state index is 13.9. The minimum absolute atomic E-state index is 0.00304. The zero-order valence-electron chi connectivity index (χ0n) is 19.0. The van der Waals surface area contributed by atoms with Gasteiger partial charge in [0.1, 0.15) is 17.3 Å². The molecular weight excluding hydrogens is 474 g/mol. The maximum absolute atomic E-state index is 13.9. The van der Waals surface area contributed by atoms with Gasteiger partial charge in [0, 0.05) is 30.6 Å². The van der Waals surface area contributed by atoms with Crippen LogP contribution in [0.5, 0.6) is 0 Å².